The maximum Gasteiger partial charge on any atom is 0.311 e. The second-order valence-corrected chi connectivity index (χ2v) is 4.41. The third-order valence-electron chi connectivity index (χ3n) is 2.50. The maximum atomic E-state index is 11.3. The lowest BCUT2D eigenvalue weighted by atomic mass is 10.1. The molecule has 0 amide bonds. The summed E-state index contributed by atoms with van der Waals surface area (Å²) in [4.78, 5) is 15.7. The zero-order valence-electron chi connectivity index (χ0n) is 10.9. The van der Waals surface area contributed by atoms with Gasteiger partial charge in [-0.2, -0.15) is 0 Å². The Morgan fingerprint density at radius 3 is 2.94 bits per heavy atom. The van der Waals surface area contributed by atoms with Crippen LogP contribution in [-0.4, -0.2) is 18.3 Å². The molecule has 0 aliphatic carbocycles. The van der Waals surface area contributed by atoms with Crippen LogP contribution in [-0.2, 0) is 9.53 Å². The molecule has 0 aromatic carbocycles. The van der Waals surface area contributed by atoms with Crippen molar-refractivity contribution in [2.75, 3.05) is 6.61 Å². The van der Waals surface area contributed by atoms with E-state index in [-0.39, 0.29) is 18.3 Å². The molecule has 1 aliphatic rings. The Hall–Kier alpha value is -1.35. The van der Waals surface area contributed by atoms with Crippen LogP contribution in [0.25, 0.3) is 0 Å². The number of hydrogen-bond donors (Lipinski definition) is 0. The van der Waals surface area contributed by atoms with Crippen molar-refractivity contribution in [1.29, 1.82) is 0 Å². The van der Waals surface area contributed by atoms with Gasteiger partial charge in [0.2, 0.25) is 0 Å². The highest BCUT2D eigenvalue weighted by Gasteiger charge is 2.17. The van der Waals surface area contributed by atoms with Crippen LogP contribution in [0.2, 0.25) is 0 Å². The first-order chi connectivity index (χ1) is 8.56. The molecule has 4 heteroatoms. The summed E-state index contributed by atoms with van der Waals surface area (Å²) in [5.41, 5.74) is 1.67. The van der Waals surface area contributed by atoms with E-state index >= 15 is 0 Å². The number of carbonyl (C=O) groups excluding carboxylic acids is 1. The molecule has 1 unspecified atom stereocenters. The van der Waals surface area contributed by atoms with Gasteiger partial charge in [0.15, 0.2) is 0 Å². The molecule has 0 aromatic heterocycles. The van der Waals surface area contributed by atoms with Crippen LogP contribution >= 0.6 is 11.6 Å². The van der Waals surface area contributed by atoms with Crippen molar-refractivity contribution in [2.24, 2.45) is 10.9 Å². The minimum Gasteiger partial charge on any atom is -0.466 e. The van der Waals surface area contributed by atoms with Crippen molar-refractivity contribution in [3.8, 4) is 0 Å². The lowest BCUT2D eigenvalue weighted by Crippen LogP contribution is -2.03. The summed E-state index contributed by atoms with van der Waals surface area (Å²) in [6.45, 7) is 6.09. The zero-order valence-corrected chi connectivity index (χ0v) is 11.7. The molecule has 0 radical (unpaired) electrons. The van der Waals surface area contributed by atoms with Gasteiger partial charge in [-0.1, -0.05) is 30.7 Å². The highest BCUT2D eigenvalue weighted by atomic mass is 35.5. The van der Waals surface area contributed by atoms with Crippen molar-refractivity contribution in [2.45, 2.75) is 27.2 Å². The van der Waals surface area contributed by atoms with Crippen molar-refractivity contribution in [3.63, 3.8) is 0 Å². The lowest BCUT2D eigenvalue weighted by Gasteiger charge is -1.99. The molecule has 1 rings (SSSR count). The fourth-order valence-electron chi connectivity index (χ4n) is 1.59. The Bertz CT molecular complexity index is 433. The van der Waals surface area contributed by atoms with Gasteiger partial charge in [0.1, 0.15) is 0 Å². The second-order valence-electron chi connectivity index (χ2n) is 3.97. The van der Waals surface area contributed by atoms with Crippen molar-refractivity contribution < 1.29 is 9.53 Å². The van der Waals surface area contributed by atoms with E-state index in [2.05, 4.69) is 4.99 Å². The van der Waals surface area contributed by atoms with Crippen molar-refractivity contribution >= 4 is 23.3 Å². The Balaban J connectivity index is 2.64. The first-order valence-corrected chi connectivity index (χ1v) is 6.39. The zero-order chi connectivity index (χ0) is 13.5. The summed E-state index contributed by atoms with van der Waals surface area (Å²) in [5, 5.41) is 0.670. The SMILES string of the molecule is C/C=C(Cl)\C=C/C1=NC(CC(=O)OCC)=CC1C. The van der Waals surface area contributed by atoms with Gasteiger partial charge in [0, 0.05) is 22.4 Å². The normalized spacial score (nSPS) is 20.0. The number of halogens is 1. The number of rotatable bonds is 5. The van der Waals surface area contributed by atoms with Crippen molar-refractivity contribution in [1.82, 2.24) is 0 Å². The Kier molecular flexibility index (Phi) is 5.86. The Morgan fingerprint density at radius 1 is 1.61 bits per heavy atom. The topological polar surface area (TPSA) is 38.7 Å². The fraction of sp³-hybridized carbons (Fsp3) is 0.429. The van der Waals surface area contributed by atoms with E-state index in [9.17, 15) is 4.79 Å². The molecule has 3 nitrogen and oxygen atoms in total. The van der Waals surface area contributed by atoms with Gasteiger partial charge < -0.3 is 4.74 Å². The third kappa shape index (κ3) is 4.49. The van der Waals surface area contributed by atoms with E-state index in [0.717, 1.165) is 11.4 Å². The van der Waals surface area contributed by atoms with E-state index in [1.54, 1.807) is 13.0 Å². The Labute approximate surface area is 113 Å². The largest absolute Gasteiger partial charge is 0.466 e. The Morgan fingerprint density at radius 2 is 2.33 bits per heavy atom. The highest BCUT2D eigenvalue weighted by molar-refractivity contribution is 6.31. The fourth-order valence-corrected chi connectivity index (χ4v) is 1.65. The first kappa shape index (κ1) is 14.7. The summed E-state index contributed by atoms with van der Waals surface area (Å²) in [7, 11) is 0. The number of carbonyl (C=O) groups is 1. The maximum absolute atomic E-state index is 11.3. The van der Waals surface area contributed by atoms with Crippen LogP contribution < -0.4 is 0 Å². The molecule has 0 saturated carbocycles. The van der Waals surface area contributed by atoms with Gasteiger partial charge in [0.05, 0.1) is 13.0 Å². The van der Waals surface area contributed by atoms with Crippen LogP contribution in [0.4, 0.5) is 0 Å². The van der Waals surface area contributed by atoms with Gasteiger partial charge in [0.25, 0.3) is 0 Å². The summed E-state index contributed by atoms with van der Waals surface area (Å²) in [6, 6.07) is 0. The van der Waals surface area contributed by atoms with E-state index in [4.69, 9.17) is 16.3 Å². The molecule has 0 spiro atoms. The van der Waals surface area contributed by atoms with Crippen LogP contribution in [0.1, 0.15) is 27.2 Å². The predicted molar refractivity (Wildman–Crippen MR) is 74.7 cm³/mol. The van der Waals surface area contributed by atoms with Crippen LogP contribution in [0.15, 0.2) is 40.0 Å². The average molecular weight is 268 g/mol. The molecule has 0 fully saturated rings. The first-order valence-electron chi connectivity index (χ1n) is 6.01. The van der Waals surface area contributed by atoms with Gasteiger partial charge >= 0.3 is 5.97 Å². The molecule has 18 heavy (non-hydrogen) atoms. The van der Waals surface area contributed by atoms with Gasteiger partial charge in [-0.05, 0) is 26.0 Å². The molecular weight excluding hydrogens is 250 g/mol. The lowest BCUT2D eigenvalue weighted by molar-refractivity contribution is -0.142. The number of nitrogens with zero attached hydrogens (tertiary/aromatic N) is 1. The highest BCUT2D eigenvalue weighted by Crippen LogP contribution is 2.21. The van der Waals surface area contributed by atoms with Gasteiger partial charge in [-0.3, -0.25) is 9.79 Å². The van der Waals surface area contributed by atoms with E-state index in [0.29, 0.717) is 11.6 Å². The molecule has 0 bridgehead atoms. The molecule has 98 valence electrons. The van der Waals surface area contributed by atoms with Gasteiger partial charge in [-0.25, -0.2) is 0 Å². The average Bonchev–Trinajstić information content (AvgIpc) is 2.66. The second kappa shape index (κ2) is 7.17. The predicted octanol–water partition coefficient (Wildman–Crippen LogP) is 3.61. The smallest absolute Gasteiger partial charge is 0.311 e. The quantitative estimate of drug-likeness (QED) is 0.564. The number of ether oxygens (including phenoxy) is 1. The number of aliphatic imine (C=N–C) groups is 1. The summed E-state index contributed by atoms with van der Waals surface area (Å²) in [5.74, 6) is -0.0385. The number of esters is 1. The molecule has 0 saturated heterocycles. The summed E-state index contributed by atoms with van der Waals surface area (Å²) >= 11 is 5.88. The minimum atomic E-state index is -0.239. The van der Waals surface area contributed by atoms with Gasteiger partial charge in [-0.15, -0.1) is 0 Å². The third-order valence-corrected chi connectivity index (χ3v) is 2.85. The monoisotopic (exact) mass is 267 g/mol. The summed E-state index contributed by atoms with van der Waals surface area (Å²) < 4.78 is 4.89. The molecule has 1 atom stereocenters. The van der Waals surface area contributed by atoms with Crippen LogP contribution in [0, 0.1) is 5.92 Å². The van der Waals surface area contributed by atoms with E-state index in [1.807, 2.05) is 32.1 Å². The number of hydrogen-bond acceptors (Lipinski definition) is 3. The standard InChI is InChI=1S/C14H18ClNO2/c1-4-11(15)6-7-13-10(3)8-12(16-13)9-14(17)18-5-2/h4,6-8,10H,5,9H2,1-3H3/b7-6-,11-4+. The molecular formula is C14H18ClNO2. The summed E-state index contributed by atoms with van der Waals surface area (Å²) in [6.07, 6.45) is 7.69. The van der Waals surface area contributed by atoms with E-state index < -0.39 is 0 Å². The van der Waals surface area contributed by atoms with Crippen LogP contribution in [0.5, 0.6) is 0 Å². The van der Waals surface area contributed by atoms with Crippen molar-refractivity contribution in [3.05, 3.63) is 35.0 Å². The molecule has 1 aliphatic heterocycles. The molecule has 0 N–H and O–H groups in total. The van der Waals surface area contributed by atoms with E-state index in [1.165, 1.54) is 0 Å². The molecule has 1 heterocycles. The van der Waals surface area contributed by atoms with Crippen LogP contribution in [0.3, 0.4) is 0 Å². The minimum absolute atomic E-state index is 0.201. The molecule has 0 aromatic rings. The number of allylic oxidation sites excluding steroid dienone is 5.